The lowest BCUT2D eigenvalue weighted by Crippen LogP contribution is -2.46. The number of aryl methyl sites for hydroxylation is 1. The molecule has 1 fully saturated rings. The van der Waals surface area contributed by atoms with Gasteiger partial charge in [0.15, 0.2) is 5.82 Å². The number of thioether (sulfide) groups is 1. The maximum Gasteiger partial charge on any atom is 0.249 e. The first-order valence-corrected chi connectivity index (χ1v) is 11.3. The van der Waals surface area contributed by atoms with Crippen LogP contribution in [0, 0.1) is 29.0 Å². The molecule has 0 saturated carbocycles. The molecular formula is C21H20BrFN4O2S. The van der Waals surface area contributed by atoms with Crippen molar-refractivity contribution in [2.45, 2.75) is 30.8 Å². The number of nitrogens with zero attached hydrogens (tertiary/aromatic N) is 3. The number of hydrogen-bond acceptors (Lipinski definition) is 6. The number of rotatable bonds is 4. The third-order valence-electron chi connectivity index (χ3n) is 4.84. The second-order valence-corrected chi connectivity index (χ2v) is 8.30. The zero-order chi connectivity index (χ0) is 21.8. The molecule has 1 unspecified atom stereocenters. The molecule has 6 nitrogen and oxygen atoms in total. The van der Waals surface area contributed by atoms with E-state index in [0.29, 0.717) is 51.3 Å². The molecule has 0 bridgehead atoms. The number of amides is 1. The monoisotopic (exact) mass is 490 g/mol. The summed E-state index contributed by atoms with van der Waals surface area (Å²) in [6, 6.07) is 3.50. The fourth-order valence-corrected chi connectivity index (χ4v) is 4.27. The number of carbonyl (C=O) groups excluding carboxylic acids is 1. The normalized spacial score (nSPS) is 14.9. The first-order chi connectivity index (χ1) is 14.4. The fraction of sp³-hybridized carbons (Fsp3) is 0.381. The molecule has 2 N–H and O–H groups in total. The van der Waals surface area contributed by atoms with Crippen LogP contribution < -0.4 is 5.73 Å². The van der Waals surface area contributed by atoms with Crippen LogP contribution in [0.2, 0.25) is 0 Å². The first-order valence-electron chi connectivity index (χ1n) is 9.28. The number of halogens is 2. The highest BCUT2D eigenvalue weighted by molar-refractivity contribution is 9.10. The van der Waals surface area contributed by atoms with Crippen LogP contribution in [0.25, 0.3) is 10.9 Å². The van der Waals surface area contributed by atoms with Gasteiger partial charge < -0.3 is 15.4 Å². The Bertz CT molecular complexity index is 1110. The number of benzene rings is 1. The number of carbonyl (C=O) groups is 1. The van der Waals surface area contributed by atoms with Gasteiger partial charge in [0.2, 0.25) is 5.91 Å². The minimum Gasteiger partial charge on any atom is -0.397 e. The van der Waals surface area contributed by atoms with Gasteiger partial charge in [-0.05, 0) is 47.2 Å². The van der Waals surface area contributed by atoms with Crippen LogP contribution >= 0.6 is 27.7 Å². The van der Waals surface area contributed by atoms with E-state index < -0.39 is 5.82 Å². The van der Waals surface area contributed by atoms with Gasteiger partial charge in [-0.1, -0.05) is 11.8 Å². The topological polar surface area (TPSA) is 92.2 Å². The van der Waals surface area contributed by atoms with Crippen LogP contribution in [0.1, 0.15) is 24.5 Å². The van der Waals surface area contributed by atoms with E-state index in [0.717, 1.165) is 0 Å². The van der Waals surface area contributed by atoms with Crippen LogP contribution in [0.3, 0.4) is 0 Å². The number of fused-ring (bicyclic) bond motifs is 1. The average molecular weight is 491 g/mol. The summed E-state index contributed by atoms with van der Waals surface area (Å²) >= 11 is 4.60. The van der Waals surface area contributed by atoms with Crippen molar-refractivity contribution in [3.8, 4) is 17.9 Å². The highest BCUT2D eigenvalue weighted by atomic mass is 79.9. The van der Waals surface area contributed by atoms with E-state index in [-0.39, 0.29) is 30.5 Å². The molecule has 0 radical (unpaired) electrons. The van der Waals surface area contributed by atoms with E-state index in [9.17, 15) is 9.18 Å². The van der Waals surface area contributed by atoms with Gasteiger partial charge in [-0.25, -0.2) is 9.37 Å². The third kappa shape index (κ3) is 4.39. The Labute approximate surface area is 187 Å². The fourth-order valence-electron chi connectivity index (χ4n) is 3.23. The molecule has 1 aromatic heterocycles. The van der Waals surface area contributed by atoms with Crippen molar-refractivity contribution in [1.29, 1.82) is 5.26 Å². The van der Waals surface area contributed by atoms with Crippen LogP contribution in [-0.2, 0) is 16.0 Å². The number of pyridine rings is 1. The number of nitrogens with two attached hydrogens (primary N) is 1. The summed E-state index contributed by atoms with van der Waals surface area (Å²) in [6.45, 7) is 2.86. The number of aromatic nitrogens is 1. The summed E-state index contributed by atoms with van der Waals surface area (Å²) in [4.78, 5) is 18.1. The smallest absolute Gasteiger partial charge is 0.249 e. The van der Waals surface area contributed by atoms with Gasteiger partial charge in [0.05, 0.1) is 34.4 Å². The van der Waals surface area contributed by atoms with E-state index in [2.05, 4.69) is 38.8 Å². The van der Waals surface area contributed by atoms with Gasteiger partial charge in [0, 0.05) is 18.4 Å². The standard InChI is InChI=1S/C21H20BrFN4O2S/c1-12(27-8-9-29-11-16(27)28)5-6-14-19(25)15-10-13(4-3-7-24)17(22)18(23)20(15)26-21(14)30-2/h10,12H,3-4,8-9,11H2,1-2H3,(H2,25,26). The molecule has 156 valence electrons. The summed E-state index contributed by atoms with van der Waals surface area (Å²) in [5.41, 5.74) is 8.06. The maximum atomic E-state index is 15.0. The molecule has 1 atom stereocenters. The van der Waals surface area contributed by atoms with Gasteiger partial charge in [0.25, 0.3) is 0 Å². The number of morpholine rings is 1. The number of anilines is 1. The second kappa shape index (κ2) is 9.65. The Balaban J connectivity index is 2.09. The third-order valence-corrected chi connectivity index (χ3v) is 6.38. The van der Waals surface area contributed by atoms with Gasteiger partial charge >= 0.3 is 0 Å². The number of hydrogen-bond donors (Lipinski definition) is 1. The lowest BCUT2D eigenvalue weighted by molar-refractivity contribution is -0.143. The van der Waals surface area contributed by atoms with E-state index in [4.69, 9.17) is 15.7 Å². The van der Waals surface area contributed by atoms with Gasteiger partial charge in [0.1, 0.15) is 17.1 Å². The molecule has 0 aliphatic carbocycles. The molecule has 9 heteroatoms. The lowest BCUT2D eigenvalue weighted by Gasteiger charge is -2.29. The first kappa shape index (κ1) is 22.4. The maximum absolute atomic E-state index is 15.0. The van der Waals surface area contributed by atoms with E-state index in [1.807, 2.05) is 13.2 Å². The quantitative estimate of drug-likeness (QED) is 0.520. The molecule has 2 heterocycles. The predicted octanol–water partition coefficient (Wildman–Crippen LogP) is 3.50. The molecule has 0 spiro atoms. The van der Waals surface area contributed by atoms with Crippen LogP contribution in [0.4, 0.5) is 10.1 Å². The SMILES string of the molecule is CSc1nc2c(F)c(Br)c(CCC#N)cc2c(N)c1C#CC(C)N1CCOCC1=O. The van der Waals surface area contributed by atoms with Crippen molar-refractivity contribution in [2.75, 3.05) is 31.7 Å². The zero-order valence-corrected chi connectivity index (χ0v) is 19.0. The number of nitriles is 1. The summed E-state index contributed by atoms with van der Waals surface area (Å²) in [5, 5.41) is 9.84. The molecule has 1 saturated heterocycles. The van der Waals surface area contributed by atoms with Gasteiger partial charge in [-0.3, -0.25) is 4.79 Å². The summed E-state index contributed by atoms with van der Waals surface area (Å²) < 4.78 is 20.4. The van der Waals surface area contributed by atoms with E-state index >= 15 is 0 Å². The molecule has 1 aromatic carbocycles. The van der Waals surface area contributed by atoms with Gasteiger partial charge in [-0.2, -0.15) is 5.26 Å². The van der Waals surface area contributed by atoms with E-state index in [1.165, 1.54) is 11.8 Å². The van der Waals surface area contributed by atoms with Crippen molar-refractivity contribution in [3.05, 3.63) is 27.5 Å². The Morgan fingerprint density at radius 1 is 1.53 bits per heavy atom. The molecule has 1 amide bonds. The average Bonchev–Trinajstić information content (AvgIpc) is 2.74. The highest BCUT2D eigenvalue weighted by Gasteiger charge is 2.23. The summed E-state index contributed by atoms with van der Waals surface area (Å²) in [6.07, 6.45) is 2.48. The van der Waals surface area contributed by atoms with Crippen LogP contribution in [0.5, 0.6) is 0 Å². The molecule has 3 rings (SSSR count). The Hall–Kier alpha value is -2.33. The van der Waals surface area contributed by atoms with Crippen molar-refractivity contribution in [1.82, 2.24) is 9.88 Å². The van der Waals surface area contributed by atoms with Crippen molar-refractivity contribution >= 4 is 50.2 Å². The Morgan fingerprint density at radius 2 is 2.30 bits per heavy atom. The molecular weight excluding hydrogens is 471 g/mol. The van der Waals surface area contributed by atoms with Crippen LogP contribution in [-0.4, -0.2) is 47.8 Å². The predicted molar refractivity (Wildman–Crippen MR) is 118 cm³/mol. The summed E-state index contributed by atoms with van der Waals surface area (Å²) in [5.74, 6) is 5.52. The van der Waals surface area contributed by atoms with E-state index in [1.54, 1.807) is 11.0 Å². The molecule has 1 aliphatic rings. The van der Waals surface area contributed by atoms with Crippen molar-refractivity contribution < 1.29 is 13.9 Å². The molecule has 30 heavy (non-hydrogen) atoms. The largest absolute Gasteiger partial charge is 0.397 e. The lowest BCUT2D eigenvalue weighted by atomic mass is 10.0. The summed E-state index contributed by atoms with van der Waals surface area (Å²) in [7, 11) is 0. The molecule has 2 aromatic rings. The zero-order valence-electron chi connectivity index (χ0n) is 16.6. The molecule has 1 aliphatic heterocycles. The highest BCUT2D eigenvalue weighted by Crippen LogP contribution is 2.36. The Kier molecular flexibility index (Phi) is 7.19. The number of nitrogen functional groups attached to an aromatic ring is 1. The minimum atomic E-state index is -0.505. The van der Waals surface area contributed by atoms with Crippen LogP contribution in [0.15, 0.2) is 15.6 Å². The van der Waals surface area contributed by atoms with Crippen molar-refractivity contribution in [2.24, 2.45) is 0 Å². The van der Waals surface area contributed by atoms with Gasteiger partial charge in [-0.15, -0.1) is 11.8 Å². The minimum absolute atomic E-state index is 0.0569. The Morgan fingerprint density at radius 3 is 2.97 bits per heavy atom. The van der Waals surface area contributed by atoms with Crippen molar-refractivity contribution in [3.63, 3.8) is 0 Å². The second-order valence-electron chi connectivity index (χ2n) is 6.71. The number of ether oxygens (including phenoxy) is 1.